The van der Waals surface area contributed by atoms with Gasteiger partial charge in [-0.2, -0.15) is 0 Å². The van der Waals surface area contributed by atoms with Gasteiger partial charge in [-0.3, -0.25) is 4.79 Å². The normalized spacial score (nSPS) is 10.6. The van der Waals surface area contributed by atoms with E-state index in [1.165, 1.54) is 16.9 Å². The molecule has 1 N–H and O–H groups in total. The molecule has 2 aromatic rings. The van der Waals surface area contributed by atoms with Crippen molar-refractivity contribution in [2.75, 3.05) is 17.7 Å². The van der Waals surface area contributed by atoms with Crippen molar-refractivity contribution >= 4 is 34.1 Å². The van der Waals surface area contributed by atoms with Crippen LogP contribution in [0, 0.1) is 13.8 Å². The summed E-state index contributed by atoms with van der Waals surface area (Å²) in [6.45, 7) is 6.63. The summed E-state index contributed by atoms with van der Waals surface area (Å²) in [5, 5.41) is 11.3. The maximum absolute atomic E-state index is 11.9. The highest BCUT2D eigenvalue weighted by molar-refractivity contribution is 8.01. The smallest absolute Gasteiger partial charge is 0.226 e. The standard InChI is InChI=1S/C16H21N3O2S2/c1-4-22-16-19-18-15(23-16)17-14(20)6-5-9-21-13-10-11(2)7-8-12(13)3/h7-8,10H,4-6,9H2,1-3H3,(H,17,18,20). The number of ether oxygens (including phenoxy) is 1. The molecule has 0 atom stereocenters. The zero-order valence-corrected chi connectivity index (χ0v) is 15.2. The number of carbonyl (C=O) groups is 1. The lowest BCUT2D eigenvalue weighted by Gasteiger charge is -2.09. The molecule has 124 valence electrons. The molecule has 0 unspecified atom stereocenters. The second-order valence-electron chi connectivity index (χ2n) is 5.08. The first-order valence-corrected chi connectivity index (χ1v) is 9.35. The summed E-state index contributed by atoms with van der Waals surface area (Å²) in [6.07, 6.45) is 1.06. The number of benzene rings is 1. The van der Waals surface area contributed by atoms with Gasteiger partial charge in [-0.25, -0.2) is 0 Å². The molecule has 23 heavy (non-hydrogen) atoms. The number of anilines is 1. The van der Waals surface area contributed by atoms with E-state index in [4.69, 9.17) is 4.74 Å². The van der Waals surface area contributed by atoms with E-state index in [1.807, 2.05) is 26.0 Å². The Labute approximate surface area is 144 Å². The van der Waals surface area contributed by atoms with E-state index in [-0.39, 0.29) is 5.91 Å². The third kappa shape index (κ3) is 5.84. The molecule has 0 fully saturated rings. The lowest BCUT2D eigenvalue weighted by atomic mass is 10.1. The highest BCUT2D eigenvalue weighted by Gasteiger charge is 2.08. The van der Waals surface area contributed by atoms with Crippen LogP contribution in [-0.4, -0.2) is 28.5 Å². The van der Waals surface area contributed by atoms with Crippen LogP contribution >= 0.6 is 23.1 Å². The molecule has 2 rings (SSSR count). The van der Waals surface area contributed by atoms with Crippen LogP contribution in [0.5, 0.6) is 5.75 Å². The number of hydrogen-bond acceptors (Lipinski definition) is 6. The predicted octanol–water partition coefficient (Wildman–Crippen LogP) is 4.06. The lowest BCUT2D eigenvalue weighted by molar-refractivity contribution is -0.116. The number of rotatable bonds is 8. The summed E-state index contributed by atoms with van der Waals surface area (Å²) in [6, 6.07) is 6.12. The molecule has 1 aromatic heterocycles. The van der Waals surface area contributed by atoms with E-state index in [2.05, 4.69) is 28.5 Å². The summed E-state index contributed by atoms with van der Waals surface area (Å²) >= 11 is 3.02. The van der Waals surface area contributed by atoms with E-state index >= 15 is 0 Å². The molecular weight excluding hydrogens is 330 g/mol. The lowest BCUT2D eigenvalue weighted by Crippen LogP contribution is -2.12. The molecule has 1 amide bonds. The van der Waals surface area contributed by atoms with Crippen molar-refractivity contribution in [3.05, 3.63) is 29.3 Å². The highest BCUT2D eigenvalue weighted by atomic mass is 32.2. The van der Waals surface area contributed by atoms with Crippen molar-refractivity contribution in [3.8, 4) is 5.75 Å². The van der Waals surface area contributed by atoms with Crippen molar-refractivity contribution in [2.24, 2.45) is 0 Å². The van der Waals surface area contributed by atoms with Crippen LogP contribution in [0.15, 0.2) is 22.5 Å². The van der Waals surface area contributed by atoms with Gasteiger partial charge in [0.1, 0.15) is 5.75 Å². The molecule has 0 aliphatic carbocycles. The molecular formula is C16H21N3O2S2. The molecule has 0 saturated heterocycles. The molecule has 7 heteroatoms. The average Bonchev–Trinajstić information content (AvgIpc) is 2.94. The van der Waals surface area contributed by atoms with Gasteiger partial charge in [-0.1, -0.05) is 42.2 Å². The summed E-state index contributed by atoms with van der Waals surface area (Å²) in [4.78, 5) is 11.9. The Balaban J connectivity index is 1.71. The zero-order chi connectivity index (χ0) is 16.7. The van der Waals surface area contributed by atoms with Crippen LogP contribution < -0.4 is 10.1 Å². The Morgan fingerprint density at radius 1 is 1.35 bits per heavy atom. The van der Waals surface area contributed by atoms with Crippen LogP contribution in [0.4, 0.5) is 5.13 Å². The van der Waals surface area contributed by atoms with Gasteiger partial charge in [0, 0.05) is 6.42 Å². The van der Waals surface area contributed by atoms with Crippen LogP contribution in [0.25, 0.3) is 0 Å². The van der Waals surface area contributed by atoms with Crippen molar-refractivity contribution in [1.82, 2.24) is 10.2 Å². The van der Waals surface area contributed by atoms with Gasteiger partial charge in [0.2, 0.25) is 11.0 Å². The second kappa shape index (κ2) is 8.88. The Morgan fingerprint density at radius 2 is 2.17 bits per heavy atom. The summed E-state index contributed by atoms with van der Waals surface area (Å²) in [5.41, 5.74) is 2.27. The Kier molecular flexibility index (Phi) is 6.85. The van der Waals surface area contributed by atoms with E-state index < -0.39 is 0 Å². The number of aromatic nitrogens is 2. The summed E-state index contributed by atoms with van der Waals surface area (Å²) in [5.74, 6) is 1.77. The van der Waals surface area contributed by atoms with Gasteiger partial charge in [0.15, 0.2) is 4.34 Å². The van der Waals surface area contributed by atoms with Crippen molar-refractivity contribution < 1.29 is 9.53 Å². The van der Waals surface area contributed by atoms with Crippen LogP contribution in [-0.2, 0) is 4.79 Å². The molecule has 1 heterocycles. The van der Waals surface area contributed by atoms with Crippen LogP contribution in [0.1, 0.15) is 30.9 Å². The quantitative estimate of drug-likeness (QED) is 0.441. The molecule has 1 aromatic carbocycles. The van der Waals surface area contributed by atoms with Gasteiger partial charge in [0.25, 0.3) is 0 Å². The molecule has 0 aliphatic heterocycles. The Bertz CT molecular complexity index is 659. The summed E-state index contributed by atoms with van der Waals surface area (Å²) in [7, 11) is 0. The molecule has 0 bridgehead atoms. The van der Waals surface area contributed by atoms with E-state index in [9.17, 15) is 4.79 Å². The Hall–Kier alpha value is -1.60. The topological polar surface area (TPSA) is 64.1 Å². The molecule has 5 nitrogen and oxygen atoms in total. The SMILES string of the molecule is CCSc1nnc(NC(=O)CCCOc2cc(C)ccc2C)s1. The van der Waals surface area contributed by atoms with Crippen LogP contribution in [0.2, 0.25) is 0 Å². The summed E-state index contributed by atoms with van der Waals surface area (Å²) < 4.78 is 6.62. The number of carbonyl (C=O) groups excluding carboxylic acids is 1. The van der Waals surface area contributed by atoms with Gasteiger partial charge in [-0.15, -0.1) is 10.2 Å². The minimum absolute atomic E-state index is 0.0567. The van der Waals surface area contributed by atoms with E-state index in [1.54, 1.807) is 11.8 Å². The number of amides is 1. The van der Waals surface area contributed by atoms with Crippen molar-refractivity contribution in [3.63, 3.8) is 0 Å². The van der Waals surface area contributed by atoms with Crippen molar-refractivity contribution in [1.29, 1.82) is 0 Å². The minimum atomic E-state index is -0.0567. The number of nitrogens with zero attached hydrogens (tertiary/aromatic N) is 2. The van der Waals surface area contributed by atoms with Crippen LogP contribution in [0.3, 0.4) is 0 Å². The van der Waals surface area contributed by atoms with Gasteiger partial charge >= 0.3 is 0 Å². The highest BCUT2D eigenvalue weighted by Crippen LogP contribution is 2.25. The molecule has 0 saturated carbocycles. The minimum Gasteiger partial charge on any atom is -0.493 e. The van der Waals surface area contributed by atoms with Gasteiger partial charge in [0.05, 0.1) is 6.61 Å². The number of thioether (sulfide) groups is 1. The molecule has 0 aliphatic rings. The van der Waals surface area contributed by atoms with E-state index in [0.29, 0.717) is 24.6 Å². The third-order valence-corrected chi connectivity index (χ3v) is 4.92. The van der Waals surface area contributed by atoms with Gasteiger partial charge in [-0.05, 0) is 43.2 Å². The third-order valence-electron chi connectivity index (χ3n) is 3.07. The largest absolute Gasteiger partial charge is 0.493 e. The Morgan fingerprint density at radius 3 is 2.96 bits per heavy atom. The molecule has 0 spiro atoms. The predicted molar refractivity (Wildman–Crippen MR) is 95.6 cm³/mol. The van der Waals surface area contributed by atoms with E-state index in [0.717, 1.165) is 21.4 Å². The fraction of sp³-hybridized carbons (Fsp3) is 0.438. The maximum Gasteiger partial charge on any atom is 0.226 e. The van der Waals surface area contributed by atoms with Gasteiger partial charge < -0.3 is 10.1 Å². The maximum atomic E-state index is 11.9. The van der Waals surface area contributed by atoms with Crippen molar-refractivity contribution in [2.45, 2.75) is 38.0 Å². The first-order chi connectivity index (χ1) is 11.1. The second-order valence-corrected chi connectivity index (χ2v) is 7.56. The molecule has 0 radical (unpaired) electrons. The fourth-order valence-corrected chi connectivity index (χ4v) is 3.57. The zero-order valence-electron chi connectivity index (χ0n) is 13.6. The monoisotopic (exact) mass is 351 g/mol. The number of aryl methyl sites for hydroxylation is 2. The first-order valence-electron chi connectivity index (χ1n) is 7.54. The number of hydrogen-bond donors (Lipinski definition) is 1. The first kappa shape index (κ1) is 17.7. The number of nitrogens with one attached hydrogen (secondary N) is 1. The average molecular weight is 351 g/mol. The fourth-order valence-electron chi connectivity index (χ4n) is 1.90.